The van der Waals surface area contributed by atoms with E-state index in [1.54, 1.807) is 0 Å². The average molecular weight is 858 g/mol. The van der Waals surface area contributed by atoms with Gasteiger partial charge in [0.2, 0.25) is 0 Å². The summed E-state index contributed by atoms with van der Waals surface area (Å²) in [6.07, 6.45) is -1.22. The van der Waals surface area contributed by atoms with Gasteiger partial charge in [0.15, 0.2) is 0 Å². The second kappa shape index (κ2) is 19.9. The number of benzene rings is 10. The molecule has 0 aromatic heterocycles. The van der Waals surface area contributed by atoms with Gasteiger partial charge in [0.25, 0.3) is 0 Å². The first-order valence-corrected chi connectivity index (χ1v) is 25.5. The minimum atomic E-state index is -2.50. The lowest BCUT2D eigenvalue weighted by Gasteiger charge is -2.44. The van der Waals surface area contributed by atoms with Crippen molar-refractivity contribution in [2.75, 3.05) is 0 Å². The number of nitrogens with zero attached hydrogens (tertiary/aromatic N) is 1. The van der Waals surface area contributed by atoms with Gasteiger partial charge in [-0.3, -0.25) is 0 Å². The Morgan fingerprint density at radius 2 is 0.328 bits per heavy atom. The minimum absolute atomic E-state index is 1.22. The Morgan fingerprint density at radius 3 is 0.484 bits per heavy atom. The molecular formula is C60H50BNP2. The fourth-order valence-corrected chi connectivity index (χ4v) is 18.9. The zero-order valence-electron chi connectivity index (χ0n) is 35.8. The molecule has 0 fully saturated rings. The molecule has 10 aromatic carbocycles. The van der Waals surface area contributed by atoms with E-state index >= 15 is 0 Å². The van der Waals surface area contributed by atoms with E-state index in [9.17, 15) is 0 Å². The summed E-state index contributed by atoms with van der Waals surface area (Å²) in [6.45, 7) is 0. The van der Waals surface area contributed by atoms with Gasteiger partial charge in [-0.1, -0.05) is 231 Å². The van der Waals surface area contributed by atoms with Crippen molar-refractivity contribution in [3.05, 3.63) is 303 Å². The highest BCUT2D eigenvalue weighted by Gasteiger charge is 2.44. The van der Waals surface area contributed by atoms with Crippen molar-refractivity contribution in [1.29, 1.82) is 0 Å². The molecule has 0 heterocycles. The minimum Gasteiger partial charge on any atom is -0.195 e. The molecule has 308 valence electrons. The molecule has 0 atom stereocenters. The van der Waals surface area contributed by atoms with E-state index in [0.29, 0.717) is 0 Å². The molecule has 0 bridgehead atoms. The van der Waals surface area contributed by atoms with E-state index in [4.69, 9.17) is 4.17 Å². The summed E-state index contributed by atoms with van der Waals surface area (Å²) in [4.78, 5) is 0. The summed E-state index contributed by atoms with van der Waals surface area (Å²) in [5.74, 6) is 0. The van der Waals surface area contributed by atoms with Crippen molar-refractivity contribution in [2.24, 2.45) is 0 Å². The topological polar surface area (TPSA) is 14.1 Å². The molecule has 0 aliphatic rings. The van der Waals surface area contributed by atoms with Crippen LogP contribution >= 0.6 is 14.1 Å². The number of hydrogen-bond donors (Lipinski definition) is 0. The lowest BCUT2D eigenvalue weighted by Crippen LogP contribution is -2.74. The van der Waals surface area contributed by atoms with Crippen LogP contribution in [0.1, 0.15) is 0 Å². The van der Waals surface area contributed by atoms with Crippen molar-refractivity contribution in [1.82, 2.24) is 4.17 Å². The van der Waals surface area contributed by atoms with Gasteiger partial charge in [-0.05, 0) is 72.8 Å². The van der Waals surface area contributed by atoms with Crippen molar-refractivity contribution >= 4 is 73.9 Å². The lowest BCUT2D eigenvalue weighted by atomic mass is 9.13. The van der Waals surface area contributed by atoms with Crippen LogP contribution in [0.2, 0.25) is 0 Å². The van der Waals surface area contributed by atoms with Gasteiger partial charge >= 0.3 is 14.1 Å². The zero-order valence-corrected chi connectivity index (χ0v) is 37.6. The molecule has 0 amide bonds. The van der Waals surface area contributed by atoms with Crippen LogP contribution in [-0.2, 0) is 0 Å². The summed E-state index contributed by atoms with van der Waals surface area (Å²) < 4.78 is 6.38. The van der Waals surface area contributed by atoms with Crippen molar-refractivity contribution in [3.63, 3.8) is 0 Å². The van der Waals surface area contributed by atoms with E-state index < -0.39 is 20.3 Å². The SMILES string of the molecule is c1ccc(P(=[N+]=P(c2ccccc2)(c2ccccc2)c2ccccc2)(c2ccccc2)c2ccccc2)cc1.c1ccc([B-](c2ccccc2)(c2ccccc2)c2ccccc2)cc1. The molecule has 0 spiro atoms. The van der Waals surface area contributed by atoms with Crippen molar-refractivity contribution < 1.29 is 0 Å². The molecule has 1 nitrogen and oxygen atoms in total. The highest BCUT2D eigenvalue weighted by molar-refractivity contribution is 7.93. The van der Waals surface area contributed by atoms with Crippen LogP contribution in [0.4, 0.5) is 0 Å². The van der Waals surface area contributed by atoms with Crippen molar-refractivity contribution in [2.45, 2.75) is 0 Å². The molecule has 0 aliphatic heterocycles. The molecular weight excluding hydrogens is 807 g/mol. The standard InChI is InChI=1S/C36H30NP2.C24H20B/c1-7-19-31(20-8-1)38(32-21-9-2-10-22-32,33-23-11-3-12-24-33)37-39(34-25-13-4-14-26-34,35-27-15-5-16-28-35)36-29-17-6-18-30-36;1-5-13-21(14-6-1)25(22-15-7-2-8-16-22,23-17-9-3-10-18-23)24-19-11-4-12-20-24/h1-30H;1-20H/q+1;-1. The third-order valence-electron chi connectivity index (χ3n) is 12.2. The summed E-state index contributed by atoms with van der Waals surface area (Å²) in [7, 11) is -4.99. The van der Waals surface area contributed by atoms with Crippen LogP contribution < -0.4 is 57.9 Å². The Labute approximate surface area is 379 Å². The Morgan fingerprint density at radius 1 is 0.188 bits per heavy atom. The lowest BCUT2D eigenvalue weighted by molar-refractivity contribution is 1.66. The van der Waals surface area contributed by atoms with Gasteiger partial charge < -0.3 is 0 Å². The fraction of sp³-hybridized carbons (Fsp3) is 0. The van der Waals surface area contributed by atoms with Crippen LogP contribution in [0.25, 0.3) is 0 Å². The third-order valence-corrected chi connectivity index (χ3v) is 20.7. The largest absolute Gasteiger partial charge is 0.301 e. The quantitative estimate of drug-likeness (QED) is 0.0740. The first-order chi connectivity index (χ1) is 31.8. The molecule has 10 aromatic rings. The zero-order chi connectivity index (χ0) is 43.3. The summed E-state index contributed by atoms with van der Waals surface area (Å²) >= 11 is 0. The van der Waals surface area contributed by atoms with E-state index in [1.165, 1.54) is 53.7 Å². The predicted molar refractivity (Wildman–Crippen MR) is 282 cm³/mol. The molecule has 64 heavy (non-hydrogen) atoms. The maximum Gasteiger partial charge on any atom is 0.301 e. The van der Waals surface area contributed by atoms with Crippen molar-refractivity contribution in [3.8, 4) is 0 Å². The second-order valence-electron chi connectivity index (χ2n) is 15.9. The summed E-state index contributed by atoms with van der Waals surface area (Å²) in [5, 5.41) is 7.55. The number of hydrogen-bond acceptors (Lipinski definition) is 0. The highest BCUT2D eigenvalue weighted by Crippen LogP contribution is 2.50. The Balaban J connectivity index is 0.000000178. The molecule has 10 rings (SSSR count). The fourth-order valence-electron chi connectivity index (χ4n) is 9.39. The van der Waals surface area contributed by atoms with Gasteiger partial charge in [0.05, 0.1) is 31.8 Å². The van der Waals surface area contributed by atoms with Crippen LogP contribution in [0.15, 0.2) is 303 Å². The summed E-state index contributed by atoms with van der Waals surface area (Å²) in [6, 6.07) is 109. The van der Waals surface area contributed by atoms with Gasteiger partial charge in [0.1, 0.15) is 6.15 Å². The molecule has 0 saturated heterocycles. The molecule has 0 radical (unpaired) electrons. The predicted octanol–water partition coefficient (Wildman–Crippen LogP) is 9.47. The first kappa shape index (κ1) is 42.2. The third kappa shape index (κ3) is 8.24. The second-order valence-corrected chi connectivity index (χ2v) is 22.2. The van der Waals surface area contributed by atoms with Crippen LogP contribution in [0.3, 0.4) is 0 Å². The Hall–Kier alpha value is -7.17. The molecule has 0 N–H and O–H groups in total. The molecule has 0 unspecified atom stereocenters. The van der Waals surface area contributed by atoms with Gasteiger partial charge in [0, 0.05) is 0 Å². The molecule has 0 saturated carbocycles. The van der Waals surface area contributed by atoms with E-state index in [-0.39, 0.29) is 0 Å². The molecule has 0 aliphatic carbocycles. The number of rotatable bonds is 10. The Kier molecular flexibility index (Phi) is 13.1. The van der Waals surface area contributed by atoms with Gasteiger partial charge in [-0.25, -0.2) is 0 Å². The summed E-state index contributed by atoms with van der Waals surface area (Å²) in [5.41, 5.74) is 5.36. The highest BCUT2D eigenvalue weighted by atomic mass is 31.2. The van der Waals surface area contributed by atoms with Crippen LogP contribution in [0, 0.1) is 0 Å². The first-order valence-electron chi connectivity index (χ1n) is 22.0. The van der Waals surface area contributed by atoms with E-state index in [0.717, 1.165) is 0 Å². The van der Waals surface area contributed by atoms with Gasteiger partial charge in [-0.2, -0.15) is 21.9 Å². The van der Waals surface area contributed by atoms with Gasteiger partial charge in [-0.15, -0.1) is 4.17 Å². The smallest absolute Gasteiger partial charge is 0.195 e. The maximum atomic E-state index is 6.38. The monoisotopic (exact) mass is 857 g/mol. The van der Waals surface area contributed by atoms with Crippen LogP contribution in [0.5, 0.6) is 0 Å². The van der Waals surface area contributed by atoms with E-state index in [1.807, 2.05) is 0 Å². The van der Waals surface area contributed by atoms with Crippen LogP contribution in [-0.4, -0.2) is 6.15 Å². The average Bonchev–Trinajstić information content (AvgIpc) is 3.40. The Bertz CT molecular complexity index is 2590. The van der Waals surface area contributed by atoms with E-state index in [2.05, 4.69) is 303 Å². The maximum absolute atomic E-state index is 6.38. The normalized spacial score (nSPS) is 11.4. The molecule has 4 heteroatoms.